The summed E-state index contributed by atoms with van der Waals surface area (Å²) in [7, 11) is 0. The fourth-order valence-corrected chi connectivity index (χ4v) is 5.83. The van der Waals surface area contributed by atoms with E-state index in [4.69, 9.17) is 5.73 Å². The van der Waals surface area contributed by atoms with Crippen LogP contribution in [0.1, 0.15) is 51.0 Å². The summed E-state index contributed by atoms with van der Waals surface area (Å²) >= 11 is 2.16. The van der Waals surface area contributed by atoms with Crippen LogP contribution in [0.2, 0.25) is 0 Å². The summed E-state index contributed by atoms with van der Waals surface area (Å²) in [5.41, 5.74) is 5.65. The number of alkyl halides is 2. The van der Waals surface area contributed by atoms with Crippen LogP contribution >= 0.6 is 22.7 Å². The van der Waals surface area contributed by atoms with Gasteiger partial charge in [-0.15, -0.1) is 22.7 Å². The van der Waals surface area contributed by atoms with E-state index in [1.165, 1.54) is 42.9 Å². The Labute approximate surface area is 210 Å². The van der Waals surface area contributed by atoms with Crippen molar-refractivity contribution < 1.29 is 23.3 Å². The van der Waals surface area contributed by atoms with Crippen LogP contribution in [0, 0.1) is 30.9 Å². The lowest BCUT2D eigenvalue weighted by Crippen LogP contribution is -2.26. The van der Waals surface area contributed by atoms with Crippen LogP contribution in [0.15, 0.2) is 18.2 Å². The van der Waals surface area contributed by atoms with Crippen molar-refractivity contribution >= 4 is 56.1 Å². The summed E-state index contributed by atoms with van der Waals surface area (Å²) in [6.45, 7) is 6.30. The highest BCUT2D eigenvalue weighted by molar-refractivity contribution is 7.21. The number of carbonyl (C=O) groups is 2. The minimum atomic E-state index is -2.85. The van der Waals surface area contributed by atoms with E-state index in [0.717, 1.165) is 16.2 Å². The third-order valence-corrected chi connectivity index (χ3v) is 7.73. The number of pyridine rings is 1. The first-order valence-corrected chi connectivity index (χ1v) is 12.2. The Morgan fingerprint density at radius 1 is 1.22 bits per heavy atom. The largest absolute Gasteiger partial charge is 0.365 e. The average molecular weight is 535 g/mol. The maximum atomic E-state index is 13.6. The standard InChI is InChI=1S/C22H20F2N6O4S2/c1-8-5-6-14(35-8)12-7-13(19(23)24)26-22-15(12)16(18(36-22)20(25)31)27-21(32)11(4)29-10(3)17(30(33)34)9(2)28-29/h5-7,11,19H,1-4H3,(H2,25,31)(H,27,32). The summed E-state index contributed by atoms with van der Waals surface area (Å²) in [6.07, 6.45) is -2.85. The summed E-state index contributed by atoms with van der Waals surface area (Å²) in [4.78, 5) is 42.0. The molecular formula is C22H20F2N6O4S2. The first kappa shape index (κ1) is 25.3. The summed E-state index contributed by atoms with van der Waals surface area (Å²) in [6, 6.07) is 3.81. The third-order valence-electron chi connectivity index (χ3n) is 5.60. The van der Waals surface area contributed by atoms with Crippen molar-refractivity contribution in [2.24, 2.45) is 5.73 Å². The lowest BCUT2D eigenvalue weighted by molar-refractivity contribution is -0.386. The van der Waals surface area contributed by atoms with Crippen molar-refractivity contribution in [1.82, 2.24) is 14.8 Å². The molecule has 10 nitrogen and oxygen atoms in total. The molecule has 0 aromatic carbocycles. The predicted molar refractivity (Wildman–Crippen MR) is 133 cm³/mol. The summed E-state index contributed by atoms with van der Waals surface area (Å²) in [5, 5.41) is 18.5. The maximum Gasteiger partial charge on any atom is 0.312 e. The molecule has 4 aromatic heterocycles. The predicted octanol–water partition coefficient (Wildman–Crippen LogP) is 5.29. The van der Waals surface area contributed by atoms with Gasteiger partial charge in [0.05, 0.1) is 10.6 Å². The van der Waals surface area contributed by atoms with Crippen LogP contribution in [0.25, 0.3) is 20.7 Å². The van der Waals surface area contributed by atoms with Gasteiger partial charge >= 0.3 is 5.69 Å². The van der Waals surface area contributed by atoms with Crippen LogP contribution < -0.4 is 11.1 Å². The van der Waals surface area contributed by atoms with Gasteiger partial charge in [-0.25, -0.2) is 13.8 Å². The number of amides is 2. The highest BCUT2D eigenvalue weighted by atomic mass is 32.1. The number of nitrogens with two attached hydrogens (primary N) is 1. The second-order valence-corrected chi connectivity index (χ2v) is 10.3. The molecule has 4 rings (SSSR count). The topological polar surface area (TPSA) is 146 Å². The Bertz CT molecular complexity index is 1540. The van der Waals surface area contributed by atoms with E-state index in [1.54, 1.807) is 6.07 Å². The van der Waals surface area contributed by atoms with Crippen LogP contribution in [0.3, 0.4) is 0 Å². The first-order valence-electron chi connectivity index (χ1n) is 10.5. The average Bonchev–Trinajstić information content (AvgIpc) is 3.47. The molecule has 188 valence electrons. The van der Waals surface area contributed by atoms with Crippen molar-refractivity contribution in [2.75, 3.05) is 5.32 Å². The molecule has 0 radical (unpaired) electrons. The molecule has 4 aromatic rings. The molecule has 0 aliphatic carbocycles. The van der Waals surface area contributed by atoms with Gasteiger partial charge in [0, 0.05) is 20.7 Å². The number of primary amides is 1. The van der Waals surface area contributed by atoms with Gasteiger partial charge in [0.2, 0.25) is 5.91 Å². The quantitative estimate of drug-likeness (QED) is 0.243. The van der Waals surface area contributed by atoms with E-state index in [2.05, 4.69) is 15.4 Å². The molecule has 0 aliphatic rings. The summed E-state index contributed by atoms with van der Waals surface area (Å²) in [5.74, 6) is -1.50. The van der Waals surface area contributed by atoms with Crippen LogP contribution in [0.5, 0.6) is 0 Å². The fourth-order valence-electron chi connectivity index (χ4n) is 3.93. The molecule has 2 amide bonds. The highest BCUT2D eigenvalue weighted by Gasteiger charge is 2.30. The number of hydrogen-bond donors (Lipinski definition) is 2. The molecule has 1 atom stereocenters. The second kappa shape index (κ2) is 9.35. The molecule has 0 fully saturated rings. The Balaban J connectivity index is 1.87. The Morgan fingerprint density at radius 2 is 1.92 bits per heavy atom. The molecule has 3 N–H and O–H groups in total. The lowest BCUT2D eigenvalue weighted by Gasteiger charge is -2.15. The molecule has 4 heterocycles. The molecule has 1 unspecified atom stereocenters. The molecule has 14 heteroatoms. The number of thiophene rings is 2. The Hall–Kier alpha value is -3.78. The van der Waals surface area contributed by atoms with Gasteiger partial charge in [0.15, 0.2) is 0 Å². The number of halogens is 2. The van der Waals surface area contributed by atoms with E-state index in [0.29, 0.717) is 15.8 Å². The number of rotatable bonds is 7. The van der Waals surface area contributed by atoms with Crippen molar-refractivity contribution in [3.8, 4) is 10.4 Å². The summed E-state index contributed by atoms with van der Waals surface area (Å²) < 4.78 is 28.5. The minimum Gasteiger partial charge on any atom is -0.365 e. The van der Waals surface area contributed by atoms with Gasteiger partial charge in [-0.05, 0) is 45.9 Å². The number of carbonyl (C=O) groups excluding carboxylic acids is 2. The molecular weight excluding hydrogens is 514 g/mol. The van der Waals surface area contributed by atoms with Gasteiger partial charge in [-0.2, -0.15) is 5.10 Å². The van der Waals surface area contributed by atoms with E-state index in [9.17, 15) is 28.5 Å². The van der Waals surface area contributed by atoms with E-state index in [-0.39, 0.29) is 32.5 Å². The number of nitro groups is 1. The molecule has 36 heavy (non-hydrogen) atoms. The monoisotopic (exact) mass is 534 g/mol. The Kier molecular flexibility index (Phi) is 6.58. The van der Waals surface area contributed by atoms with Crippen molar-refractivity contribution in [2.45, 2.75) is 40.2 Å². The zero-order chi connectivity index (χ0) is 26.5. The normalized spacial score (nSPS) is 12.3. The van der Waals surface area contributed by atoms with Crippen LogP contribution in [-0.2, 0) is 4.79 Å². The van der Waals surface area contributed by atoms with E-state index >= 15 is 0 Å². The number of anilines is 1. The Morgan fingerprint density at radius 3 is 2.44 bits per heavy atom. The zero-order valence-corrected chi connectivity index (χ0v) is 21.1. The van der Waals surface area contributed by atoms with Crippen molar-refractivity contribution in [3.05, 3.63) is 55.1 Å². The van der Waals surface area contributed by atoms with Gasteiger partial charge in [0.25, 0.3) is 12.3 Å². The molecule has 0 aliphatic heterocycles. The van der Waals surface area contributed by atoms with Gasteiger partial charge in [-0.3, -0.25) is 24.4 Å². The number of aromatic nitrogens is 3. The smallest absolute Gasteiger partial charge is 0.312 e. The first-order chi connectivity index (χ1) is 16.9. The van der Waals surface area contributed by atoms with E-state index < -0.39 is 34.9 Å². The number of nitrogens with one attached hydrogen (secondary N) is 1. The lowest BCUT2D eigenvalue weighted by atomic mass is 10.1. The molecule has 0 saturated heterocycles. The number of nitrogens with zero attached hydrogens (tertiary/aromatic N) is 4. The zero-order valence-electron chi connectivity index (χ0n) is 19.5. The second-order valence-electron chi connectivity index (χ2n) is 8.04. The molecule has 0 saturated carbocycles. The number of fused-ring (bicyclic) bond motifs is 1. The van der Waals surface area contributed by atoms with Crippen LogP contribution in [-0.4, -0.2) is 31.5 Å². The van der Waals surface area contributed by atoms with Gasteiger partial charge < -0.3 is 11.1 Å². The fraction of sp³-hybridized carbons (Fsp3) is 0.273. The number of aryl methyl sites for hydroxylation is 2. The van der Waals surface area contributed by atoms with Gasteiger partial charge in [-0.1, -0.05) is 0 Å². The van der Waals surface area contributed by atoms with Gasteiger partial charge in [0.1, 0.15) is 32.8 Å². The van der Waals surface area contributed by atoms with Crippen LogP contribution in [0.4, 0.5) is 20.2 Å². The van der Waals surface area contributed by atoms with Crippen molar-refractivity contribution in [3.63, 3.8) is 0 Å². The maximum absolute atomic E-state index is 13.6. The molecule has 0 spiro atoms. The minimum absolute atomic E-state index is 0.0461. The van der Waals surface area contributed by atoms with E-state index in [1.807, 2.05) is 13.0 Å². The highest BCUT2D eigenvalue weighted by Crippen LogP contribution is 2.44. The van der Waals surface area contributed by atoms with Crippen molar-refractivity contribution in [1.29, 1.82) is 0 Å². The SMILES string of the molecule is Cc1ccc(-c2cc(C(F)F)nc3sc(C(N)=O)c(NC(=O)C(C)n4nc(C)c([N+](=O)[O-])c4C)c23)s1. The molecule has 0 bridgehead atoms. The third kappa shape index (κ3) is 4.33. The number of hydrogen-bond acceptors (Lipinski definition) is 8.